The Hall–Kier alpha value is -1.43. The van der Waals surface area contributed by atoms with Crippen molar-refractivity contribution >= 4 is 27.4 Å². The predicted octanol–water partition coefficient (Wildman–Crippen LogP) is 2.17. The molecular weight excluding hydrogens is 274 g/mol. The van der Waals surface area contributed by atoms with Crippen molar-refractivity contribution in [1.29, 1.82) is 0 Å². The van der Waals surface area contributed by atoms with Gasteiger partial charge in [0.1, 0.15) is 0 Å². The molecular formula is C15H17NO3S. The quantitative estimate of drug-likeness (QED) is 0.910. The molecule has 1 saturated heterocycles. The topological polar surface area (TPSA) is 60.8 Å². The summed E-state index contributed by atoms with van der Waals surface area (Å²) in [5, 5.41) is 20.2. The zero-order chi connectivity index (χ0) is 14.1. The molecule has 4 nitrogen and oxygen atoms in total. The molecule has 0 spiro atoms. The van der Waals surface area contributed by atoms with Crippen LogP contribution in [0.15, 0.2) is 30.3 Å². The van der Waals surface area contributed by atoms with E-state index in [1.165, 1.54) is 15.0 Å². The number of piperidine rings is 1. The number of aliphatic hydroxyl groups excluding tert-OH is 1. The second-order valence-electron chi connectivity index (χ2n) is 5.29. The van der Waals surface area contributed by atoms with Gasteiger partial charge in [-0.1, -0.05) is 18.2 Å². The number of hydrogen-bond acceptors (Lipinski definition) is 4. The molecule has 1 aliphatic rings. The van der Waals surface area contributed by atoms with Crippen LogP contribution in [-0.4, -0.2) is 40.3 Å². The standard InChI is InChI=1S/C15H17NO3S/c17-13-9-16(6-5-12(13)15(18)19)8-11-7-10-3-1-2-4-14(10)20-11/h1-4,7,12-13,17H,5-6,8-9H2,(H,18,19)/t12-,13+/m0/s1. The van der Waals surface area contributed by atoms with E-state index in [0.29, 0.717) is 13.0 Å². The molecule has 106 valence electrons. The second-order valence-corrected chi connectivity index (χ2v) is 6.45. The monoisotopic (exact) mass is 291 g/mol. The Morgan fingerprint density at radius 1 is 1.40 bits per heavy atom. The van der Waals surface area contributed by atoms with Crippen molar-refractivity contribution in [1.82, 2.24) is 4.90 Å². The molecule has 0 radical (unpaired) electrons. The van der Waals surface area contributed by atoms with E-state index in [1.807, 2.05) is 12.1 Å². The summed E-state index contributed by atoms with van der Waals surface area (Å²) in [6.07, 6.45) is -0.253. The molecule has 0 bridgehead atoms. The lowest BCUT2D eigenvalue weighted by Gasteiger charge is -2.33. The third kappa shape index (κ3) is 2.70. The van der Waals surface area contributed by atoms with Crippen molar-refractivity contribution in [2.75, 3.05) is 13.1 Å². The van der Waals surface area contributed by atoms with E-state index in [1.54, 1.807) is 11.3 Å². The first-order valence-electron chi connectivity index (χ1n) is 6.74. The molecule has 2 aromatic rings. The lowest BCUT2D eigenvalue weighted by Crippen LogP contribution is -2.45. The molecule has 0 amide bonds. The van der Waals surface area contributed by atoms with Crippen molar-refractivity contribution in [2.45, 2.75) is 19.1 Å². The van der Waals surface area contributed by atoms with E-state index in [9.17, 15) is 9.90 Å². The van der Waals surface area contributed by atoms with Gasteiger partial charge in [0.25, 0.3) is 0 Å². The molecule has 0 unspecified atom stereocenters. The van der Waals surface area contributed by atoms with Crippen LogP contribution in [-0.2, 0) is 11.3 Å². The van der Waals surface area contributed by atoms with Crippen LogP contribution < -0.4 is 0 Å². The lowest BCUT2D eigenvalue weighted by atomic mass is 9.94. The SMILES string of the molecule is O=C(O)[C@H]1CCN(Cc2cc3ccccc3s2)C[C@H]1O. The highest BCUT2D eigenvalue weighted by molar-refractivity contribution is 7.19. The molecule has 1 aliphatic heterocycles. The van der Waals surface area contributed by atoms with Gasteiger partial charge in [0.15, 0.2) is 0 Å². The lowest BCUT2D eigenvalue weighted by molar-refractivity contribution is -0.148. The van der Waals surface area contributed by atoms with E-state index in [0.717, 1.165) is 13.1 Å². The zero-order valence-electron chi connectivity index (χ0n) is 11.0. The molecule has 1 fully saturated rings. The smallest absolute Gasteiger partial charge is 0.309 e. The third-order valence-electron chi connectivity index (χ3n) is 3.84. The van der Waals surface area contributed by atoms with Crippen LogP contribution in [0.1, 0.15) is 11.3 Å². The van der Waals surface area contributed by atoms with Gasteiger partial charge in [0, 0.05) is 22.7 Å². The molecule has 1 aromatic heterocycles. The van der Waals surface area contributed by atoms with Gasteiger partial charge in [-0.25, -0.2) is 0 Å². The van der Waals surface area contributed by atoms with Gasteiger partial charge in [-0.3, -0.25) is 9.69 Å². The summed E-state index contributed by atoms with van der Waals surface area (Å²) in [7, 11) is 0. The van der Waals surface area contributed by atoms with Crippen molar-refractivity contribution in [3.8, 4) is 0 Å². The number of β-amino-alcohol motifs (C(OH)–C–C–N with tert-alkyl or cyclic N) is 1. The van der Waals surface area contributed by atoms with Crippen molar-refractivity contribution in [3.63, 3.8) is 0 Å². The number of carboxylic acid groups (broad SMARTS) is 1. The molecule has 0 saturated carbocycles. The minimum atomic E-state index is -0.890. The molecule has 2 heterocycles. The molecule has 5 heteroatoms. The Morgan fingerprint density at radius 3 is 2.90 bits per heavy atom. The van der Waals surface area contributed by atoms with Crippen LogP contribution in [0, 0.1) is 5.92 Å². The number of rotatable bonds is 3. The van der Waals surface area contributed by atoms with Crippen LogP contribution in [0.5, 0.6) is 0 Å². The van der Waals surface area contributed by atoms with E-state index >= 15 is 0 Å². The number of aliphatic carboxylic acids is 1. The maximum absolute atomic E-state index is 11.0. The first-order valence-corrected chi connectivity index (χ1v) is 7.56. The highest BCUT2D eigenvalue weighted by Gasteiger charge is 2.32. The van der Waals surface area contributed by atoms with E-state index in [2.05, 4.69) is 23.1 Å². The average molecular weight is 291 g/mol. The maximum Gasteiger partial charge on any atom is 0.309 e. The van der Waals surface area contributed by atoms with Crippen LogP contribution in [0.25, 0.3) is 10.1 Å². The maximum atomic E-state index is 11.0. The van der Waals surface area contributed by atoms with Crippen molar-refractivity contribution < 1.29 is 15.0 Å². The number of nitrogens with zero attached hydrogens (tertiary/aromatic N) is 1. The Morgan fingerprint density at radius 2 is 2.20 bits per heavy atom. The number of hydrogen-bond donors (Lipinski definition) is 2. The molecule has 2 N–H and O–H groups in total. The highest BCUT2D eigenvalue weighted by atomic mass is 32.1. The largest absolute Gasteiger partial charge is 0.481 e. The Kier molecular flexibility index (Phi) is 3.74. The van der Waals surface area contributed by atoms with Crippen LogP contribution in [0.2, 0.25) is 0 Å². The number of fused-ring (bicyclic) bond motifs is 1. The first-order chi connectivity index (χ1) is 9.63. The Balaban J connectivity index is 1.68. The predicted molar refractivity (Wildman–Crippen MR) is 78.9 cm³/mol. The van der Waals surface area contributed by atoms with Crippen LogP contribution in [0.3, 0.4) is 0 Å². The number of carboxylic acids is 1. The Bertz CT molecular complexity index is 591. The number of likely N-dealkylation sites (tertiary alicyclic amines) is 1. The van der Waals surface area contributed by atoms with Gasteiger partial charge in [0.05, 0.1) is 12.0 Å². The second kappa shape index (κ2) is 5.52. The van der Waals surface area contributed by atoms with Gasteiger partial charge in [-0.05, 0) is 30.5 Å². The van der Waals surface area contributed by atoms with Gasteiger partial charge in [0.2, 0.25) is 0 Å². The summed E-state index contributed by atoms with van der Waals surface area (Å²) in [6.45, 7) is 1.94. The summed E-state index contributed by atoms with van der Waals surface area (Å²) in [6, 6.07) is 10.4. The fourth-order valence-electron chi connectivity index (χ4n) is 2.76. The highest BCUT2D eigenvalue weighted by Crippen LogP contribution is 2.27. The first kappa shape index (κ1) is 13.5. The Labute approximate surface area is 121 Å². The van der Waals surface area contributed by atoms with Gasteiger partial charge >= 0.3 is 5.97 Å². The molecule has 20 heavy (non-hydrogen) atoms. The summed E-state index contributed by atoms with van der Waals surface area (Å²) < 4.78 is 1.27. The van der Waals surface area contributed by atoms with Crippen LogP contribution in [0.4, 0.5) is 0 Å². The van der Waals surface area contributed by atoms with Gasteiger partial charge in [-0.2, -0.15) is 0 Å². The molecule has 1 aromatic carbocycles. The zero-order valence-corrected chi connectivity index (χ0v) is 11.8. The summed E-state index contributed by atoms with van der Waals surface area (Å²) in [5.74, 6) is -1.51. The van der Waals surface area contributed by atoms with Crippen LogP contribution >= 0.6 is 11.3 Å². The summed E-state index contributed by atoms with van der Waals surface area (Å²) in [4.78, 5) is 14.4. The molecule has 2 atom stereocenters. The van der Waals surface area contributed by atoms with E-state index in [-0.39, 0.29) is 0 Å². The molecule has 3 rings (SSSR count). The number of benzene rings is 1. The van der Waals surface area contributed by atoms with Crippen molar-refractivity contribution in [2.24, 2.45) is 5.92 Å². The van der Waals surface area contributed by atoms with Crippen molar-refractivity contribution in [3.05, 3.63) is 35.2 Å². The third-order valence-corrected chi connectivity index (χ3v) is 4.94. The average Bonchev–Trinajstić information content (AvgIpc) is 2.80. The van der Waals surface area contributed by atoms with Gasteiger partial charge in [-0.15, -0.1) is 11.3 Å². The van der Waals surface area contributed by atoms with Gasteiger partial charge < -0.3 is 10.2 Å². The number of carbonyl (C=O) groups is 1. The van der Waals surface area contributed by atoms with E-state index < -0.39 is 18.0 Å². The number of aliphatic hydroxyl groups is 1. The fraction of sp³-hybridized carbons (Fsp3) is 0.400. The molecule has 0 aliphatic carbocycles. The fourth-order valence-corrected chi connectivity index (χ4v) is 3.87. The number of thiophene rings is 1. The minimum absolute atomic E-state index is 0.436. The normalized spacial score (nSPS) is 24.1. The van der Waals surface area contributed by atoms with E-state index in [4.69, 9.17) is 5.11 Å². The summed E-state index contributed by atoms with van der Waals surface area (Å²) in [5.41, 5.74) is 0. The summed E-state index contributed by atoms with van der Waals surface area (Å²) >= 11 is 1.76. The minimum Gasteiger partial charge on any atom is -0.481 e.